The number of aryl methyl sites for hydroxylation is 2. The molecular weight excluding hydrogens is 342 g/mol. The Labute approximate surface area is 161 Å². The Balaban J connectivity index is 1.78. The van der Waals surface area contributed by atoms with Gasteiger partial charge in [-0.1, -0.05) is 6.07 Å². The molecule has 0 saturated carbocycles. The van der Waals surface area contributed by atoms with Crippen molar-refractivity contribution >= 4 is 5.96 Å². The van der Waals surface area contributed by atoms with E-state index >= 15 is 0 Å². The largest absolute Gasteiger partial charge is 0.497 e. The van der Waals surface area contributed by atoms with Crippen molar-refractivity contribution in [3.63, 3.8) is 0 Å². The van der Waals surface area contributed by atoms with E-state index in [9.17, 15) is 0 Å². The first-order chi connectivity index (χ1) is 12.9. The highest BCUT2D eigenvalue weighted by Crippen LogP contribution is 2.18. The second-order valence-corrected chi connectivity index (χ2v) is 6.55. The number of hydrogen-bond donors (Lipinski definition) is 2. The number of ether oxygens (including phenoxy) is 2. The maximum absolute atomic E-state index is 5.74. The predicted molar refractivity (Wildman–Crippen MR) is 109 cm³/mol. The highest BCUT2D eigenvalue weighted by atomic mass is 16.5. The SMILES string of the molecule is CN=C(NCCOc1cccc(OC)c1)NC(C)Cc1c(C)nn(C)c1C. The highest BCUT2D eigenvalue weighted by molar-refractivity contribution is 5.79. The molecular formula is C20H31N5O2. The summed E-state index contributed by atoms with van der Waals surface area (Å²) in [7, 11) is 5.39. The molecule has 0 aliphatic rings. The van der Waals surface area contributed by atoms with Crippen molar-refractivity contribution in [3.8, 4) is 11.5 Å². The predicted octanol–water partition coefficient (Wildman–Crippen LogP) is 2.22. The average molecular weight is 374 g/mol. The number of guanidine groups is 1. The molecule has 0 spiro atoms. The maximum Gasteiger partial charge on any atom is 0.191 e. The van der Waals surface area contributed by atoms with Crippen molar-refractivity contribution in [2.24, 2.45) is 12.0 Å². The van der Waals surface area contributed by atoms with Crippen LogP contribution < -0.4 is 20.1 Å². The molecule has 1 aromatic carbocycles. The zero-order valence-corrected chi connectivity index (χ0v) is 17.2. The van der Waals surface area contributed by atoms with E-state index in [4.69, 9.17) is 9.47 Å². The number of aliphatic imine (C=N–C) groups is 1. The van der Waals surface area contributed by atoms with Gasteiger partial charge < -0.3 is 20.1 Å². The van der Waals surface area contributed by atoms with E-state index in [1.807, 2.05) is 36.0 Å². The molecule has 2 rings (SSSR count). The standard InChI is InChI=1S/C20H31N5O2/c1-14(12-19-15(2)24-25(5)16(19)3)23-20(21-4)22-10-11-27-18-9-7-8-17(13-18)26-6/h7-9,13-14H,10-12H2,1-6H3,(H2,21,22,23). The smallest absolute Gasteiger partial charge is 0.191 e. The Morgan fingerprint density at radius 2 is 2.04 bits per heavy atom. The molecule has 1 unspecified atom stereocenters. The first kappa shape index (κ1) is 20.6. The van der Waals surface area contributed by atoms with Crippen LogP contribution in [0.25, 0.3) is 0 Å². The third kappa shape index (κ3) is 5.91. The second-order valence-electron chi connectivity index (χ2n) is 6.55. The van der Waals surface area contributed by atoms with E-state index in [2.05, 4.69) is 41.5 Å². The molecule has 1 aromatic heterocycles. The molecule has 0 radical (unpaired) electrons. The molecule has 7 heteroatoms. The normalized spacial score (nSPS) is 12.6. The maximum atomic E-state index is 5.74. The summed E-state index contributed by atoms with van der Waals surface area (Å²) in [6.45, 7) is 7.48. The third-order valence-corrected chi connectivity index (χ3v) is 4.48. The molecule has 1 atom stereocenters. The summed E-state index contributed by atoms with van der Waals surface area (Å²) in [4.78, 5) is 4.29. The molecule has 2 aromatic rings. The van der Waals surface area contributed by atoms with Crippen LogP contribution in [-0.4, -0.2) is 49.1 Å². The molecule has 148 valence electrons. The lowest BCUT2D eigenvalue weighted by Gasteiger charge is -2.18. The third-order valence-electron chi connectivity index (χ3n) is 4.48. The summed E-state index contributed by atoms with van der Waals surface area (Å²) in [6.07, 6.45) is 0.895. The lowest BCUT2D eigenvalue weighted by molar-refractivity contribution is 0.318. The minimum Gasteiger partial charge on any atom is -0.497 e. The van der Waals surface area contributed by atoms with E-state index in [0.29, 0.717) is 13.2 Å². The van der Waals surface area contributed by atoms with Crippen LogP contribution in [0.4, 0.5) is 0 Å². The van der Waals surface area contributed by atoms with Crippen molar-refractivity contribution in [2.75, 3.05) is 27.3 Å². The monoisotopic (exact) mass is 373 g/mol. The van der Waals surface area contributed by atoms with Gasteiger partial charge in [-0.05, 0) is 44.9 Å². The van der Waals surface area contributed by atoms with E-state index in [-0.39, 0.29) is 6.04 Å². The van der Waals surface area contributed by atoms with Gasteiger partial charge in [0.15, 0.2) is 5.96 Å². The van der Waals surface area contributed by atoms with Gasteiger partial charge in [-0.25, -0.2) is 0 Å². The van der Waals surface area contributed by atoms with E-state index in [1.165, 1.54) is 11.3 Å². The van der Waals surface area contributed by atoms with Crippen LogP contribution >= 0.6 is 0 Å². The van der Waals surface area contributed by atoms with Gasteiger partial charge in [0.25, 0.3) is 0 Å². The number of hydrogen-bond acceptors (Lipinski definition) is 4. The van der Waals surface area contributed by atoms with E-state index < -0.39 is 0 Å². The molecule has 0 amide bonds. The van der Waals surface area contributed by atoms with Crippen molar-refractivity contribution < 1.29 is 9.47 Å². The Morgan fingerprint density at radius 3 is 2.67 bits per heavy atom. The van der Waals surface area contributed by atoms with Crippen molar-refractivity contribution in [2.45, 2.75) is 33.2 Å². The number of benzene rings is 1. The van der Waals surface area contributed by atoms with Crippen molar-refractivity contribution in [3.05, 3.63) is 41.2 Å². The molecule has 7 nitrogen and oxygen atoms in total. The fourth-order valence-electron chi connectivity index (χ4n) is 2.93. The summed E-state index contributed by atoms with van der Waals surface area (Å²) < 4.78 is 12.9. The summed E-state index contributed by atoms with van der Waals surface area (Å²) in [5.41, 5.74) is 3.57. The van der Waals surface area contributed by atoms with Gasteiger partial charge in [-0.2, -0.15) is 5.10 Å². The molecule has 0 saturated heterocycles. The molecule has 1 heterocycles. The van der Waals surface area contributed by atoms with Crippen molar-refractivity contribution in [1.82, 2.24) is 20.4 Å². The van der Waals surface area contributed by atoms with Gasteiger partial charge in [-0.3, -0.25) is 9.67 Å². The number of rotatable bonds is 8. The lowest BCUT2D eigenvalue weighted by atomic mass is 10.1. The first-order valence-electron chi connectivity index (χ1n) is 9.17. The van der Waals surface area contributed by atoms with Crippen molar-refractivity contribution in [1.29, 1.82) is 0 Å². The minimum absolute atomic E-state index is 0.233. The molecule has 0 bridgehead atoms. The van der Waals surface area contributed by atoms with Gasteiger partial charge in [0.2, 0.25) is 0 Å². The van der Waals surface area contributed by atoms with Crippen LogP contribution in [0.1, 0.15) is 23.9 Å². The Bertz CT molecular complexity index is 770. The van der Waals surface area contributed by atoms with Gasteiger partial charge in [0.05, 0.1) is 19.3 Å². The van der Waals surface area contributed by atoms with E-state index in [1.54, 1.807) is 14.2 Å². The zero-order chi connectivity index (χ0) is 19.8. The summed E-state index contributed by atoms with van der Waals surface area (Å²) in [6, 6.07) is 7.82. The second kappa shape index (κ2) is 9.85. The number of nitrogens with one attached hydrogen (secondary N) is 2. The molecule has 0 fully saturated rings. The fourth-order valence-corrected chi connectivity index (χ4v) is 2.93. The molecule has 27 heavy (non-hydrogen) atoms. The topological polar surface area (TPSA) is 72.7 Å². The molecule has 0 aliphatic carbocycles. The molecule has 2 N–H and O–H groups in total. The van der Waals surface area contributed by atoms with Crippen LogP contribution in [0.3, 0.4) is 0 Å². The Morgan fingerprint density at radius 1 is 1.30 bits per heavy atom. The number of nitrogens with zero attached hydrogens (tertiary/aromatic N) is 3. The van der Waals surface area contributed by atoms with Gasteiger partial charge in [0.1, 0.15) is 18.1 Å². The van der Waals surface area contributed by atoms with Gasteiger partial charge >= 0.3 is 0 Å². The Kier molecular flexibility index (Phi) is 7.52. The highest BCUT2D eigenvalue weighted by Gasteiger charge is 2.13. The number of methoxy groups -OCH3 is 1. The van der Waals surface area contributed by atoms with Gasteiger partial charge in [0, 0.05) is 31.9 Å². The van der Waals surface area contributed by atoms with Crippen LogP contribution in [0.2, 0.25) is 0 Å². The van der Waals surface area contributed by atoms with E-state index in [0.717, 1.165) is 29.6 Å². The average Bonchev–Trinajstić information content (AvgIpc) is 2.90. The first-order valence-corrected chi connectivity index (χ1v) is 9.17. The fraction of sp³-hybridized carbons (Fsp3) is 0.500. The summed E-state index contributed by atoms with van der Waals surface area (Å²) in [5.74, 6) is 2.33. The Hall–Kier alpha value is -2.70. The molecule has 0 aliphatic heterocycles. The zero-order valence-electron chi connectivity index (χ0n) is 17.2. The lowest BCUT2D eigenvalue weighted by Crippen LogP contribution is -2.44. The minimum atomic E-state index is 0.233. The number of aromatic nitrogens is 2. The quantitative estimate of drug-likeness (QED) is 0.422. The van der Waals surface area contributed by atoms with Crippen LogP contribution in [-0.2, 0) is 13.5 Å². The van der Waals surface area contributed by atoms with Crippen LogP contribution in [0, 0.1) is 13.8 Å². The van der Waals surface area contributed by atoms with Crippen LogP contribution in [0.15, 0.2) is 29.3 Å². The summed E-state index contributed by atoms with van der Waals surface area (Å²) >= 11 is 0. The van der Waals surface area contributed by atoms with Gasteiger partial charge in [-0.15, -0.1) is 0 Å². The van der Waals surface area contributed by atoms with Crippen LogP contribution in [0.5, 0.6) is 11.5 Å². The summed E-state index contributed by atoms with van der Waals surface area (Å²) in [5, 5.41) is 11.2.